The lowest BCUT2D eigenvalue weighted by atomic mass is 10.0. The average Bonchev–Trinajstić information content (AvgIpc) is 3.31. The molecule has 2 aromatic heterocycles. The molecular formula is C50H37Cl3N6O7. The third-order valence-corrected chi connectivity index (χ3v) is 10.2. The lowest BCUT2D eigenvalue weighted by Crippen LogP contribution is -2.02. The molecule has 0 radical (unpaired) electrons. The van der Waals surface area contributed by atoms with Crippen molar-refractivity contribution in [3.05, 3.63) is 174 Å². The van der Waals surface area contributed by atoms with Crippen molar-refractivity contribution >= 4 is 67.1 Å². The fourth-order valence-electron chi connectivity index (χ4n) is 6.67. The van der Waals surface area contributed by atoms with Gasteiger partial charge in [-0.05, 0) is 116 Å². The van der Waals surface area contributed by atoms with E-state index >= 15 is 0 Å². The minimum Gasteiger partial charge on any atom is -0.508 e. The molecule has 0 aliphatic heterocycles. The summed E-state index contributed by atoms with van der Waals surface area (Å²) in [6.07, 6.45) is 0. The van der Waals surface area contributed by atoms with Crippen LogP contribution < -0.4 is 9.47 Å². The van der Waals surface area contributed by atoms with E-state index in [0.29, 0.717) is 28.3 Å². The van der Waals surface area contributed by atoms with Gasteiger partial charge in [-0.1, -0.05) is 97.1 Å². The Labute approximate surface area is 392 Å². The highest BCUT2D eigenvalue weighted by atomic mass is 35.5. The monoisotopic (exact) mass is 938 g/mol. The first kappa shape index (κ1) is 46.0. The van der Waals surface area contributed by atoms with E-state index in [4.69, 9.17) is 64.5 Å². The summed E-state index contributed by atoms with van der Waals surface area (Å²) in [6.45, 7) is 0. The van der Waals surface area contributed by atoms with Gasteiger partial charge in [0.2, 0.25) is 15.9 Å². The van der Waals surface area contributed by atoms with Crippen LogP contribution in [0.3, 0.4) is 0 Å². The summed E-state index contributed by atoms with van der Waals surface area (Å²) >= 11 is 16.0. The summed E-state index contributed by atoms with van der Waals surface area (Å²) in [5.74, 6) is 2.13. The van der Waals surface area contributed by atoms with Crippen molar-refractivity contribution in [3.8, 4) is 74.4 Å². The molecule has 10 aromatic rings. The molecule has 0 atom stereocenters. The minimum absolute atomic E-state index is 0.000000000000000444. The number of halogens is 3. The number of aromatic hydroxyl groups is 5. The summed E-state index contributed by atoms with van der Waals surface area (Å²) in [5.41, 5.74) is 1.41. The van der Waals surface area contributed by atoms with E-state index in [1.165, 1.54) is 47.2 Å². The Morgan fingerprint density at radius 2 is 0.879 bits per heavy atom. The highest BCUT2D eigenvalue weighted by Crippen LogP contribution is 2.41. The van der Waals surface area contributed by atoms with Crippen LogP contribution in [0.4, 0.5) is 0 Å². The predicted octanol–water partition coefficient (Wildman–Crippen LogP) is 12.1. The van der Waals surface area contributed by atoms with Crippen molar-refractivity contribution in [2.24, 2.45) is 0 Å². The van der Waals surface area contributed by atoms with Gasteiger partial charge in [-0.3, -0.25) is 0 Å². The zero-order valence-electron chi connectivity index (χ0n) is 34.9. The highest BCUT2D eigenvalue weighted by Gasteiger charge is 2.21. The van der Waals surface area contributed by atoms with Gasteiger partial charge in [0.1, 0.15) is 40.2 Å². The molecule has 0 saturated carbocycles. The molecule has 0 saturated heterocycles. The molecule has 8 aromatic carbocycles. The second-order valence-electron chi connectivity index (χ2n) is 13.9. The van der Waals surface area contributed by atoms with Gasteiger partial charge in [0.05, 0.1) is 30.9 Å². The number of aromatic nitrogens is 6. The lowest BCUT2D eigenvalue weighted by Gasteiger charge is -2.15. The van der Waals surface area contributed by atoms with Gasteiger partial charge in [-0.25, -0.2) is 15.0 Å². The van der Waals surface area contributed by atoms with E-state index in [9.17, 15) is 15.3 Å². The van der Waals surface area contributed by atoms with E-state index in [1.807, 2.05) is 91.0 Å². The fraction of sp³-hybridized carbons (Fsp3) is 0.0400. The molecule has 0 unspecified atom stereocenters. The number of nitrogens with zero attached hydrogens (tertiary/aromatic N) is 6. The first-order valence-corrected chi connectivity index (χ1v) is 20.8. The quantitative estimate of drug-likeness (QED) is 0.109. The largest absolute Gasteiger partial charge is 0.508 e. The van der Waals surface area contributed by atoms with E-state index < -0.39 is 0 Å². The van der Waals surface area contributed by atoms with Crippen LogP contribution in [0.1, 0.15) is 0 Å². The molecule has 2 heterocycles. The van der Waals surface area contributed by atoms with Gasteiger partial charge in [-0.2, -0.15) is 15.0 Å². The number of rotatable bonds is 5. The van der Waals surface area contributed by atoms with Crippen molar-refractivity contribution in [1.82, 2.24) is 29.9 Å². The molecule has 0 amide bonds. The Kier molecular flexibility index (Phi) is 14.7. The van der Waals surface area contributed by atoms with Crippen molar-refractivity contribution in [3.63, 3.8) is 0 Å². The van der Waals surface area contributed by atoms with E-state index in [2.05, 4.69) is 38.1 Å². The van der Waals surface area contributed by atoms with E-state index in [0.717, 1.165) is 27.3 Å². The molecule has 16 heteroatoms. The number of benzene rings is 8. The van der Waals surface area contributed by atoms with Crippen molar-refractivity contribution in [1.29, 1.82) is 0 Å². The van der Waals surface area contributed by atoms with Gasteiger partial charge >= 0.3 is 0 Å². The average molecular weight is 940 g/mol. The Balaban J connectivity index is 0.000000179. The number of fused-ring (bicyclic) bond motifs is 3. The Hall–Kier alpha value is -7.97. The highest BCUT2D eigenvalue weighted by molar-refractivity contribution is 6.33. The van der Waals surface area contributed by atoms with Crippen LogP contribution >= 0.6 is 34.8 Å². The SMILES string of the molecule is COc1ccc2ccccc2c1.COc1ccc2ccccc2c1-c1nc(-c2ccc(O)cc2O)nc(-c2c(O)ccc3ccccc23)n1.Clc1nc(Cl)nc(Cl)n1.Oc1cccc(O)c1. The standard InChI is InChI=1S/C30H21N3O4.C11H10O.C6H6O2.C3Cl3N3/c1-37-25-15-11-18-7-3-5-9-21(18)27(25)30-32-28(22-13-12-19(34)16-24(22)36)31-29(33-30)26-20-8-4-2-6-17(20)10-14-23(26)35;1-12-11-7-6-9-4-2-3-5-10(9)8-11;7-5-2-1-3-6(8)4-5;4-1-7-2(5)9-3(6)8-1/h2-16,34-36H,1H3;2-8H,1H3;1-4,7-8H;. The topological polar surface area (TPSA) is 197 Å². The Morgan fingerprint density at radius 3 is 1.44 bits per heavy atom. The van der Waals surface area contributed by atoms with Gasteiger partial charge in [0.15, 0.2) is 17.5 Å². The van der Waals surface area contributed by atoms with Crippen LogP contribution in [0.5, 0.6) is 40.2 Å². The van der Waals surface area contributed by atoms with Crippen LogP contribution in [0, 0.1) is 0 Å². The summed E-state index contributed by atoms with van der Waals surface area (Å²) < 4.78 is 10.8. The molecule has 5 N–H and O–H groups in total. The number of phenols is 5. The fourth-order valence-corrected chi connectivity index (χ4v) is 7.28. The Morgan fingerprint density at radius 1 is 0.379 bits per heavy atom. The number of hydrogen-bond donors (Lipinski definition) is 5. The van der Waals surface area contributed by atoms with Gasteiger partial charge in [0.25, 0.3) is 0 Å². The molecular weight excluding hydrogens is 903 g/mol. The maximum atomic E-state index is 10.9. The summed E-state index contributed by atoms with van der Waals surface area (Å²) in [7, 11) is 3.27. The summed E-state index contributed by atoms with van der Waals surface area (Å²) in [5, 5.41) is 54.7. The normalized spacial score (nSPS) is 10.5. The van der Waals surface area contributed by atoms with Crippen LogP contribution in [-0.2, 0) is 0 Å². The van der Waals surface area contributed by atoms with Crippen molar-refractivity contribution in [2.45, 2.75) is 0 Å². The first-order chi connectivity index (χ1) is 31.9. The molecule has 10 rings (SSSR count). The van der Waals surface area contributed by atoms with E-state index in [1.54, 1.807) is 26.4 Å². The first-order valence-electron chi connectivity index (χ1n) is 19.7. The second kappa shape index (κ2) is 21.1. The predicted molar refractivity (Wildman–Crippen MR) is 258 cm³/mol. The lowest BCUT2D eigenvalue weighted by molar-refractivity contribution is 0.415. The number of hydrogen-bond acceptors (Lipinski definition) is 13. The smallest absolute Gasteiger partial charge is 0.227 e. The number of phenolic OH excluding ortho intramolecular Hbond substituents is 5. The molecule has 0 spiro atoms. The minimum atomic E-state index is -0.185. The van der Waals surface area contributed by atoms with Crippen molar-refractivity contribution < 1.29 is 35.0 Å². The van der Waals surface area contributed by atoms with Gasteiger partial charge < -0.3 is 35.0 Å². The third kappa shape index (κ3) is 11.2. The van der Waals surface area contributed by atoms with Crippen molar-refractivity contribution in [2.75, 3.05) is 14.2 Å². The zero-order valence-corrected chi connectivity index (χ0v) is 37.1. The zero-order chi connectivity index (χ0) is 46.7. The number of ether oxygens (including phenoxy) is 2. The maximum absolute atomic E-state index is 10.9. The molecule has 0 aliphatic carbocycles. The van der Waals surface area contributed by atoms with Crippen LogP contribution in [-0.4, -0.2) is 69.7 Å². The second-order valence-corrected chi connectivity index (χ2v) is 14.9. The maximum Gasteiger partial charge on any atom is 0.227 e. The molecule has 0 aliphatic rings. The van der Waals surface area contributed by atoms with Gasteiger partial charge in [-0.15, -0.1) is 0 Å². The number of methoxy groups -OCH3 is 2. The van der Waals surface area contributed by atoms with Crippen LogP contribution in [0.15, 0.2) is 158 Å². The van der Waals surface area contributed by atoms with Crippen LogP contribution in [0.25, 0.3) is 66.5 Å². The Bertz CT molecular complexity index is 3260. The van der Waals surface area contributed by atoms with Crippen LogP contribution in [0.2, 0.25) is 15.9 Å². The molecule has 13 nitrogen and oxygen atoms in total. The van der Waals surface area contributed by atoms with Gasteiger partial charge in [0, 0.05) is 12.1 Å². The van der Waals surface area contributed by atoms with E-state index in [-0.39, 0.29) is 56.2 Å². The summed E-state index contributed by atoms with van der Waals surface area (Å²) in [4.78, 5) is 24.6. The molecule has 330 valence electrons. The third-order valence-electron chi connectivity index (χ3n) is 9.66. The summed E-state index contributed by atoms with van der Waals surface area (Å²) in [6, 6.07) is 47.1. The molecule has 0 fully saturated rings. The molecule has 66 heavy (non-hydrogen) atoms. The molecule has 0 bridgehead atoms.